The van der Waals surface area contributed by atoms with Crippen LogP contribution in [-0.4, -0.2) is 29.7 Å². The maximum Gasteiger partial charge on any atom is 0.175 e. The predicted octanol–water partition coefficient (Wildman–Crippen LogP) is 2.84. The minimum atomic E-state index is -3.17. The minimum Gasteiger partial charge on any atom is -0.378 e. The monoisotopic (exact) mass is 342 g/mol. The van der Waals surface area contributed by atoms with Gasteiger partial charge in [-0.3, -0.25) is 0 Å². The summed E-state index contributed by atoms with van der Waals surface area (Å²) in [5, 5.41) is 11.2. The van der Waals surface area contributed by atoms with Gasteiger partial charge >= 0.3 is 0 Å². The highest BCUT2D eigenvalue weighted by molar-refractivity contribution is 7.90. The van der Waals surface area contributed by atoms with Crippen LogP contribution in [0.2, 0.25) is 0 Å². The van der Waals surface area contributed by atoms with Crippen LogP contribution in [-0.2, 0) is 9.84 Å². The molecule has 0 saturated heterocycles. The fourth-order valence-corrected chi connectivity index (χ4v) is 3.05. The van der Waals surface area contributed by atoms with E-state index in [-0.39, 0.29) is 6.04 Å². The van der Waals surface area contributed by atoms with Crippen LogP contribution in [0, 0.1) is 0 Å². The quantitative estimate of drug-likeness (QED) is 0.771. The van der Waals surface area contributed by atoms with Gasteiger partial charge in [0.1, 0.15) is 0 Å². The normalized spacial score (nSPS) is 12.8. The van der Waals surface area contributed by atoms with Crippen molar-refractivity contribution >= 4 is 15.5 Å². The number of sulfone groups is 1. The van der Waals surface area contributed by atoms with Crippen LogP contribution in [0.25, 0.3) is 5.69 Å². The van der Waals surface area contributed by atoms with Gasteiger partial charge in [-0.15, -0.1) is 5.10 Å². The Morgan fingerprint density at radius 1 is 1.12 bits per heavy atom. The Morgan fingerprint density at radius 3 is 2.50 bits per heavy atom. The van der Waals surface area contributed by atoms with Gasteiger partial charge in [-0.2, -0.15) is 0 Å². The molecule has 1 heterocycles. The Labute approximate surface area is 141 Å². The average Bonchev–Trinajstić information content (AvgIpc) is 3.09. The topological polar surface area (TPSA) is 76.9 Å². The van der Waals surface area contributed by atoms with E-state index in [9.17, 15) is 8.42 Å². The molecule has 0 bridgehead atoms. The van der Waals surface area contributed by atoms with Crippen molar-refractivity contribution < 1.29 is 8.42 Å². The summed E-state index contributed by atoms with van der Waals surface area (Å²) in [5.74, 6) is 0. The SMILES string of the molecule is CC(Nc1cccc(-n2ccnn2)c1)c1ccc(S(C)(=O)=O)cc1. The molecule has 0 aliphatic heterocycles. The van der Waals surface area contributed by atoms with Crippen molar-refractivity contribution in [1.82, 2.24) is 15.0 Å². The smallest absolute Gasteiger partial charge is 0.175 e. The Bertz CT molecular complexity index is 919. The lowest BCUT2D eigenvalue weighted by atomic mass is 10.1. The van der Waals surface area contributed by atoms with Crippen molar-refractivity contribution in [2.24, 2.45) is 0 Å². The molecule has 124 valence electrons. The number of nitrogens with one attached hydrogen (secondary N) is 1. The number of hydrogen-bond donors (Lipinski definition) is 1. The van der Waals surface area contributed by atoms with Crippen LogP contribution in [0.5, 0.6) is 0 Å². The Kier molecular flexibility index (Phi) is 4.35. The van der Waals surface area contributed by atoms with E-state index in [2.05, 4.69) is 15.6 Å². The van der Waals surface area contributed by atoms with Gasteiger partial charge in [-0.25, -0.2) is 13.1 Å². The van der Waals surface area contributed by atoms with Crippen molar-refractivity contribution in [3.63, 3.8) is 0 Å². The molecule has 1 unspecified atom stereocenters. The zero-order chi connectivity index (χ0) is 17.2. The van der Waals surface area contributed by atoms with E-state index >= 15 is 0 Å². The molecule has 0 fully saturated rings. The highest BCUT2D eigenvalue weighted by Gasteiger charge is 2.10. The molecule has 6 nitrogen and oxygen atoms in total. The molecular formula is C17H18N4O2S. The summed E-state index contributed by atoms with van der Waals surface area (Å²) in [6, 6.07) is 14.8. The van der Waals surface area contributed by atoms with E-state index in [1.807, 2.05) is 43.3 Å². The summed E-state index contributed by atoms with van der Waals surface area (Å²) in [6.45, 7) is 2.03. The zero-order valence-electron chi connectivity index (χ0n) is 13.4. The molecule has 2 aromatic carbocycles. The third-order valence-electron chi connectivity index (χ3n) is 3.72. The van der Waals surface area contributed by atoms with Gasteiger partial charge in [0, 0.05) is 18.0 Å². The second-order valence-electron chi connectivity index (χ2n) is 5.61. The molecule has 1 aromatic heterocycles. The summed E-state index contributed by atoms with van der Waals surface area (Å²) >= 11 is 0. The van der Waals surface area contributed by atoms with Crippen molar-refractivity contribution in [3.8, 4) is 5.69 Å². The maximum absolute atomic E-state index is 11.5. The molecular weight excluding hydrogens is 324 g/mol. The van der Waals surface area contributed by atoms with E-state index in [0.717, 1.165) is 16.9 Å². The summed E-state index contributed by atoms with van der Waals surface area (Å²) in [5.41, 5.74) is 2.87. The first-order chi connectivity index (χ1) is 11.4. The van der Waals surface area contributed by atoms with E-state index in [4.69, 9.17) is 0 Å². The molecule has 0 saturated carbocycles. The molecule has 0 amide bonds. The Balaban J connectivity index is 1.77. The van der Waals surface area contributed by atoms with Gasteiger partial charge < -0.3 is 5.32 Å². The van der Waals surface area contributed by atoms with Crippen LogP contribution in [0.4, 0.5) is 5.69 Å². The first-order valence-electron chi connectivity index (χ1n) is 7.47. The second-order valence-corrected chi connectivity index (χ2v) is 7.62. The van der Waals surface area contributed by atoms with E-state index in [0.29, 0.717) is 4.90 Å². The molecule has 7 heteroatoms. The number of aromatic nitrogens is 3. The molecule has 0 aliphatic carbocycles. The van der Waals surface area contributed by atoms with Crippen molar-refractivity contribution in [2.45, 2.75) is 17.9 Å². The Morgan fingerprint density at radius 2 is 1.88 bits per heavy atom. The summed E-state index contributed by atoms with van der Waals surface area (Å²) in [6.07, 6.45) is 4.62. The van der Waals surface area contributed by atoms with E-state index in [1.54, 1.807) is 29.2 Å². The number of benzene rings is 2. The summed E-state index contributed by atoms with van der Waals surface area (Å²) < 4.78 is 24.7. The molecule has 0 radical (unpaired) electrons. The number of rotatable bonds is 5. The van der Waals surface area contributed by atoms with Gasteiger partial charge in [0.2, 0.25) is 0 Å². The van der Waals surface area contributed by atoms with Gasteiger partial charge in [0.25, 0.3) is 0 Å². The molecule has 0 spiro atoms. The summed E-state index contributed by atoms with van der Waals surface area (Å²) in [7, 11) is -3.17. The second kappa shape index (κ2) is 6.45. The third-order valence-corrected chi connectivity index (χ3v) is 4.85. The fourth-order valence-electron chi connectivity index (χ4n) is 2.42. The third kappa shape index (κ3) is 3.62. The minimum absolute atomic E-state index is 0.0320. The van der Waals surface area contributed by atoms with Crippen molar-refractivity contribution in [3.05, 3.63) is 66.5 Å². The molecule has 3 aromatic rings. The highest BCUT2D eigenvalue weighted by atomic mass is 32.2. The first kappa shape index (κ1) is 16.2. The van der Waals surface area contributed by atoms with Crippen molar-refractivity contribution in [1.29, 1.82) is 0 Å². The van der Waals surface area contributed by atoms with Crippen LogP contribution < -0.4 is 5.32 Å². The van der Waals surface area contributed by atoms with Gasteiger partial charge in [-0.05, 0) is 42.8 Å². The van der Waals surface area contributed by atoms with Crippen LogP contribution in [0.3, 0.4) is 0 Å². The largest absolute Gasteiger partial charge is 0.378 e. The lowest BCUT2D eigenvalue weighted by Gasteiger charge is -2.16. The summed E-state index contributed by atoms with van der Waals surface area (Å²) in [4.78, 5) is 0.326. The highest BCUT2D eigenvalue weighted by Crippen LogP contribution is 2.22. The van der Waals surface area contributed by atoms with Crippen molar-refractivity contribution in [2.75, 3.05) is 11.6 Å². The van der Waals surface area contributed by atoms with Crippen LogP contribution in [0.1, 0.15) is 18.5 Å². The van der Waals surface area contributed by atoms with Gasteiger partial charge in [0.05, 0.1) is 23.0 Å². The number of anilines is 1. The van der Waals surface area contributed by atoms with E-state index in [1.165, 1.54) is 6.26 Å². The lowest BCUT2D eigenvalue weighted by molar-refractivity contribution is 0.602. The Hall–Kier alpha value is -2.67. The van der Waals surface area contributed by atoms with Gasteiger partial charge in [-0.1, -0.05) is 23.4 Å². The number of hydrogen-bond acceptors (Lipinski definition) is 5. The van der Waals surface area contributed by atoms with Crippen LogP contribution in [0.15, 0.2) is 65.8 Å². The molecule has 3 rings (SSSR count). The average molecular weight is 342 g/mol. The van der Waals surface area contributed by atoms with E-state index < -0.39 is 9.84 Å². The molecule has 1 atom stereocenters. The number of nitrogens with zero attached hydrogens (tertiary/aromatic N) is 3. The molecule has 24 heavy (non-hydrogen) atoms. The first-order valence-corrected chi connectivity index (χ1v) is 9.36. The lowest BCUT2D eigenvalue weighted by Crippen LogP contribution is -2.07. The zero-order valence-corrected chi connectivity index (χ0v) is 14.2. The maximum atomic E-state index is 11.5. The van der Waals surface area contributed by atoms with Crippen LogP contribution >= 0.6 is 0 Å². The molecule has 0 aliphatic rings. The molecule has 1 N–H and O–H groups in total. The standard InChI is InChI=1S/C17H18N4O2S/c1-13(14-6-8-17(9-7-14)24(2,22)23)19-15-4-3-5-16(12-15)21-11-10-18-20-21/h3-13,19H,1-2H3. The predicted molar refractivity (Wildman–Crippen MR) is 92.9 cm³/mol. The fraction of sp³-hybridized carbons (Fsp3) is 0.176. The van der Waals surface area contributed by atoms with Gasteiger partial charge in [0.15, 0.2) is 9.84 Å².